The summed E-state index contributed by atoms with van der Waals surface area (Å²) in [4.78, 5) is 38.6. The van der Waals surface area contributed by atoms with E-state index in [-0.39, 0.29) is 36.1 Å². The number of carbonyl (C=O) groups excluding carboxylic acids is 1. The molecule has 1 aromatic heterocycles. The SMILES string of the molecule is CCC(=O)N1N=C(c2c(O)n(C)c(=O)[nH]c2=O)CC1c1ccc(C(C)C)cc1. The molecule has 1 atom stereocenters. The lowest BCUT2D eigenvalue weighted by atomic mass is 9.95. The van der Waals surface area contributed by atoms with Crippen LogP contribution in [-0.4, -0.2) is 31.3 Å². The second-order valence-electron chi connectivity index (χ2n) is 7.20. The van der Waals surface area contributed by atoms with Gasteiger partial charge in [-0.05, 0) is 17.0 Å². The summed E-state index contributed by atoms with van der Waals surface area (Å²) in [5, 5.41) is 16.0. The van der Waals surface area contributed by atoms with Crippen molar-refractivity contribution < 1.29 is 9.90 Å². The Morgan fingerprint density at radius 1 is 1.29 bits per heavy atom. The van der Waals surface area contributed by atoms with E-state index in [0.717, 1.165) is 10.1 Å². The molecule has 0 saturated heterocycles. The molecule has 3 rings (SSSR count). The molecule has 1 aromatic carbocycles. The Labute approximate surface area is 162 Å². The van der Waals surface area contributed by atoms with Gasteiger partial charge in [-0.2, -0.15) is 5.10 Å². The highest BCUT2D eigenvalue weighted by atomic mass is 16.3. The van der Waals surface area contributed by atoms with Gasteiger partial charge in [-0.15, -0.1) is 0 Å². The van der Waals surface area contributed by atoms with Gasteiger partial charge in [0.25, 0.3) is 5.56 Å². The van der Waals surface area contributed by atoms with Crippen molar-refractivity contribution in [1.29, 1.82) is 0 Å². The molecule has 0 fully saturated rings. The predicted molar refractivity (Wildman–Crippen MR) is 106 cm³/mol. The van der Waals surface area contributed by atoms with Crippen LogP contribution in [-0.2, 0) is 11.8 Å². The van der Waals surface area contributed by atoms with Crippen molar-refractivity contribution in [3.8, 4) is 5.88 Å². The normalized spacial score (nSPS) is 16.5. The van der Waals surface area contributed by atoms with E-state index in [4.69, 9.17) is 0 Å². The fourth-order valence-electron chi connectivity index (χ4n) is 3.28. The van der Waals surface area contributed by atoms with Gasteiger partial charge >= 0.3 is 5.69 Å². The van der Waals surface area contributed by atoms with Gasteiger partial charge in [-0.3, -0.25) is 19.1 Å². The number of benzene rings is 1. The van der Waals surface area contributed by atoms with Gasteiger partial charge in [-0.1, -0.05) is 45.0 Å². The van der Waals surface area contributed by atoms with Gasteiger partial charge in [0.1, 0.15) is 5.56 Å². The zero-order valence-electron chi connectivity index (χ0n) is 16.4. The highest BCUT2D eigenvalue weighted by Gasteiger charge is 2.34. The summed E-state index contributed by atoms with van der Waals surface area (Å²) in [7, 11) is 1.35. The van der Waals surface area contributed by atoms with Crippen molar-refractivity contribution in [3.63, 3.8) is 0 Å². The molecule has 2 aromatic rings. The van der Waals surface area contributed by atoms with Crippen molar-refractivity contribution in [1.82, 2.24) is 14.6 Å². The smallest absolute Gasteiger partial charge is 0.330 e. The number of carbonyl (C=O) groups is 1. The van der Waals surface area contributed by atoms with Gasteiger partial charge in [0, 0.05) is 19.9 Å². The molecule has 2 N–H and O–H groups in total. The van der Waals surface area contributed by atoms with E-state index in [0.29, 0.717) is 5.92 Å². The Morgan fingerprint density at radius 2 is 1.93 bits per heavy atom. The number of rotatable bonds is 4. The number of aromatic nitrogens is 2. The van der Waals surface area contributed by atoms with Gasteiger partial charge in [0.05, 0.1) is 11.8 Å². The summed E-state index contributed by atoms with van der Waals surface area (Å²) >= 11 is 0. The highest BCUT2D eigenvalue weighted by molar-refractivity contribution is 6.04. The molecule has 0 saturated carbocycles. The third-order valence-corrected chi connectivity index (χ3v) is 5.04. The maximum Gasteiger partial charge on any atom is 0.330 e. The van der Waals surface area contributed by atoms with Gasteiger partial charge < -0.3 is 5.11 Å². The van der Waals surface area contributed by atoms with E-state index in [1.165, 1.54) is 17.6 Å². The fourth-order valence-corrected chi connectivity index (χ4v) is 3.28. The van der Waals surface area contributed by atoms with Crippen LogP contribution in [0, 0.1) is 0 Å². The molecule has 0 aliphatic carbocycles. The Hall–Kier alpha value is -3.16. The molecule has 1 aliphatic heterocycles. The molecule has 0 spiro atoms. The average Bonchev–Trinajstić information content (AvgIpc) is 3.10. The third kappa shape index (κ3) is 3.37. The number of nitrogens with one attached hydrogen (secondary N) is 1. The van der Waals surface area contributed by atoms with Crippen molar-refractivity contribution in [3.05, 3.63) is 61.8 Å². The lowest BCUT2D eigenvalue weighted by Gasteiger charge is -2.22. The molecule has 2 heterocycles. The largest absolute Gasteiger partial charge is 0.494 e. The number of hydrogen-bond donors (Lipinski definition) is 2. The van der Waals surface area contributed by atoms with Gasteiger partial charge in [0.15, 0.2) is 0 Å². The quantitative estimate of drug-likeness (QED) is 0.840. The minimum absolute atomic E-state index is 0.0858. The summed E-state index contributed by atoms with van der Waals surface area (Å²) in [5.41, 5.74) is 0.826. The van der Waals surface area contributed by atoms with Crippen molar-refractivity contribution in [2.75, 3.05) is 0 Å². The number of amides is 1. The van der Waals surface area contributed by atoms with Crippen LogP contribution in [0.1, 0.15) is 62.3 Å². The number of aromatic amines is 1. The maximum atomic E-state index is 12.5. The number of H-pyrrole nitrogens is 1. The van der Waals surface area contributed by atoms with Crippen LogP contribution in [0.3, 0.4) is 0 Å². The summed E-state index contributed by atoms with van der Waals surface area (Å²) in [6.45, 7) is 5.95. The molecule has 0 bridgehead atoms. The van der Waals surface area contributed by atoms with Crippen LogP contribution < -0.4 is 11.2 Å². The van der Waals surface area contributed by atoms with Crippen LogP contribution in [0.4, 0.5) is 0 Å². The lowest BCUT2D eigenvalue weighted by Crippen LogP contribution is -2.32. The number of nitrogens with zero attached hydrogens (tertiary/aromatic N) is 3. The second kappa shape index (κ2) is 7.46. The van der Waals surface area contributed by atoms with Crippen LogP contribution in [0.15, 0.2) is 39.0 Å². The third-order valence-electron chi connectivity index (χ3n) is 5.04. The van der Waals surface area contributed by atoms with Crippen LogP contribution >= 0.6 is 0 Å². The maximum absolute atomic E-state index is 12.5. The fraction of sp³-hybridized carbons (Fsp3) is 0.400. The number of hydrogen-bond acceptors (Lipinski definition) is 5. The van der Waals surface area contributed by atoms with E-state index in [2.05, 4.69) is 23.9 Å². The van der Waals surface area contributed by atoms with Crippen molar-refractivity contribution in [2.45, 2.75) is 45.6 Å². The molecular formula is C20H24N4O4. The Kier molecular flexibility index (Phi) is 5.22. The zero-order valence-corrected chi connectivity index (χ0v) is 16.4. The first-order valence-electron chi connectivity index (χ1n) is 9.26. The predicted octanol–water partition coefficient (Wildman–Crippen LogP) is 1.99. The molecule has 28 heavy (non-hydrogen) atoms. The van der Waals surface area contributed by atoms with Crippen LogP contribution in [0.5, 0.6) is 5.88 Å². The molecule has 148 valence electrons. The monoisotopic (exact) mass is 384 g/mol. The van der Waals surface area contributed by atoms with E-state index in [1.54, 1.807) is 6.92 Å². The van der Waals surface area contributed by atoms with E-state index in [9.17, 15) is 19.5 Å². The zero-order chi connectivity index (χ0) is 20.6. The Morgan fingerprint density at radius 3 is 2.50 bits per heavy atom. The van der Waals surface area contributed by atoms with Crippen LogP contribution in [0.25, 0.3) is 0 Å². The van der Waals surface area contributed by atoms with E-state index >= 15 is 0 Å². The van der Waals surface area contributed by atoms with E-state index < -0.39 is 17.1 Å². The first kappa shape index (κ1) is 19.6. The van der Waals surface area contributed by atoms with Gasteiger partial charge in [0.2, 0.25) is 11.8 Å². The molecular weight excluding hydrogens is 360 g/mol. The molecule has 1 unspecified atom stereocenters. The topological polar surface area (TPSA) is 108 Å². The molecule has 8 heteroatoms. The molecule has 8 nitrogen and oxygen atoms in total. The van der Waals surface area contributed by atoms with Crippen LogP contribution in [0.2, 0.25) is 0 Å². The number of aromatic hydroxyl groups is 1. The average molecular weight is 384 g/mol. The van der Waals surface area contributed by atoms with Crippen molar-refractivity contribution in [2.24, 2.45) is 12.1 Å². The standard InChI is InChI=1S/C20H24N4O4/c1-5-16(25)24-15(13-8-6-12(7-9-13)11(2)3)10-14(22-24)17-18(26)21-20(28)23(4)19(17)27/h6-9,11,15,27H,5,10H2,1-4H3,(H,21,26,28). The highest BCUT2D eigenvalue weighted by Crippen LogP contribution is 2.34. The molecule has 1 aliphatic rings. The second-order valence-corrected chi connectivity index (χ2v) is 7.20. The first-order valence-corrected chi connectivity index (χ1v) is 9.26. The van der Waals surface area contributed by atoms with Gasteiger partial charge in [-0.25, -0.2) is 9.80 Å². The molecule has 0 radical (unpaired) electrons. The summed E-state index contributed by atoms with van der Waals surface area (Å²) in [5.74, 6) is -0.264. The number of hydrazone groups is 1. The lowest BCUT2D eigenvalue weighted by molar-refractivity contribution is -0.132. The van der Waals surface area contributed by atoms with Crippen molar-refractivity contribution >= 4 is 11.6 Å². The van der Waals surface area contributed by atoms with E-state index in [1.807, 2.05) is 24.3 Å². The Balaban J connectivity index is 2.05. The first-order chi connectivity index (χ1) is 13.2. The Bertz CT molecular complexity index is 1050. The molecule has 1 amide bonds. The summed E-state index contributed by atoms with van der Waals surface area (Å²) in [6.07, 6.45) is 0.522. The summed E-state index contributed by atoms with van der Waals surface area (Å²) in [6, 6.07) is 7.57. The minimum Gasteiger partial charge on any atom is -0.494 e. The summed E-state index contributed by atoms with van der Waals surface area (Å²) < 4.78 is 0.940. The minimum atomic E-state index is -0.723.